The van der Waals surface area contributed by atoms with Gasteiger partial charge in [0.15, 0.2) is 5.11 Å². The number of likely N-dealkylation sites (N-methyl/N-ethyl adjacent to an activating group) is 1. The van der Waals surface area contributed by atoms with Crippen LogP contribution in [0.3, 0.4) is 0 Å². The SMILES string of the molecule is CC(CNC(=S)NC1N=C(c2ccccc2Cl)c2cc(Cl)ccc2N(C)C1=O)c1ccccc1. The minimum Gasteiger partial charge on any atom is -0.362 e. The molecule has 0 saturated heterocycles. The van der Waals surface area contributed by atoms with Crippen LogP contribution in [-0.2, 0) is 4.79 Å². The number of fused-ring (bicyclic) bond motifs is 1. The van der Waals surface area contributed by atoms with Crippen molar-refractivity contribution in [3.63, 3.8) is 0 Å². The van der Waals surface area contributed by atoms with Crippen molar-refractivity contribution in [1.82, 2.24) is 10.6 Å². The number of nitrogens with zero attached hydrogens (tertiary/aromatic N) is 2. The van der Waals surface area contributed by atoms with Gasteiger partial charge in [-0.15, -0.1) is 0 Å². The van der Waals surface area contributed by atoms with E-state index in [1.165, 1.54) is 5.56 Å². The van der Waals surface area contributed by atoms with E-state index in [0.717, 1.165) is 5.56 Å². The molecule has 2 atom stereocenters. The number of halogens is 2. The van der Waals surface area contributed by atoms with Gasteiger partial charge in [-0.05, 0) is 48.0 Å². The number of carbonyl (C=O) groups is 1. The number of aliphatic imine (C=N–C) groups is 1. The standard InChI is InChI=1S/C26H24Cl2N4OS/c1-16(17-8-4-3-5-9-17)15-29-26(34)31-24-25(33)32(2)22-13-12-18(27)14-20(22)23(30-24)19-10-6-7-11-21(19)28/h3-14,16,24H,15H2,1-2H3,(H2,29,31,34). The van der Waals surface area contributed by atoms with Crippen LogP contribution in [0.4, 0.5) is 5.69 Å². The first-order valence-corrected chi connectivity index (χ1v) is 12.0. The first kappa shape index (κ1) is 24.2. The summed E-state index contributed by atoms with van der Waals surface area (Å²) in [6, 6.07) is 22.9. The van der Waals surface area contributed by atoms with E-state index in [1.807, 2.05) is 42.5 Å². The Kier molecular flexibility index (Phi) is 7.51. The fourth-order valence-electron chi connectivity index (χ4n) is 3.83. The molecule has 0 saturated carbocycles. The van der Waals surface area contributed by atoms with Crippen molar-refractivity contribution in [3.05, 3.63) is 99.5 Å². The third-order valence-corrected chi connectivity index (χ3v) is 6.56. The van der Waals surface area contributed by atoms with Gasteiger partial charge in [-0.2, -0.15) is 0 Å². The summed E-state index contributed by atoms with van der Waals surface area (Å²) in [5, 5.41) is 7.71. The van der Waals surface area contributed by atoms with Gasteiger partial charge < -0.3 is 15.5 Å². The Morgan fingerprint density at radius 3 is 2.50 bits per heavy atom. The molecule has 0 fully saturated rings. The smallest absolute Gasteiger partial charge is 0.272 e. The van der Waals surface area contributed by atoms with Gasteiger partial charge in [-0.1, -0.05) is 78.7 Å². The van der Waals surface area contributed by atoms with Gasteiger partial charge in [-0.3, -0.25) is 4.79 Å². The predicted molar refractivity (Wildman–Crippen MR) is 144 cm³/mol. The molecule has 2 N–H and O–H groups in total. The highest BCUT2D eigenvalue weighted by atomic mass is 35.5. The molecule has 0 spiro atoms. The lowest BCUT2D eigenvalue weighted by Gasteiger charge is -2.22. The molecule has 34 heavy (non-hydrogen) atoms. The Labute approximate surface area is 214 Å². The van der Waals surface area contributed by atoms with Crippen LogP contribution in [0.2, 0.25) is 10.0 Å². The molecule has 1 amide bonds. The van der Waals surface area contributed by atoms with Crippen molar-refractivity contribution in [3.8, 4) is 0 Å². The van der Waals surface area contributed by atoms with Gasteiger partial charge in [-0.25, -0.2) is 4.99 Å². The molecule has 174 valence electrons. The van der Waals surface area contributed by atoms with Gasteiger partial charge in [0.1, 0.15) is 0 Å². The molecular weight excluding hydrogens is 487 g/mol. The molecule has 0 aromatic heterocycles. The number of benzodiazepines with no additional fused rings is 1. The Bertz CT molecular complexity index is 1250. The summed E-state index contributed by atoms with van der Waals surface area (Å²) in [5.74, 6) is -0.00655. The molecule has 0 radical (unpaired) electrons. The maximum Gasteiger partial charge on any atom is 0.272 e. The van der Waals surface area contributed by atoms with E-state index < -0.39 is 6.17 Å². The van der Waals surface area contributed by atoms with E-state index in [1.54, 1.807) is 30.1 Å². The second-order valence-corrected chi connectivity index (χ2v) is 9.34. The van der Waals surface area contributed by atoms with E-state index in [-0.39, 0.29) is 11.8 Å². The quantitative estimate of drug-likeness (QED) is 0.451. The van der Waals surface area contributed by atoms with Gasteiger partial charge in [0.25, 0.3) is 5.91 Å². The number of anilines is 1. The maximum atomic E-state index is 13.4. The highest BCUT2D eigenvalue weighted by Crippen LogP contribution is 2.31. The zero-order chi connectivity index (χ0) is 24.2. The number of benzene rings is 3. The fraction of sp³-hybridized carbons (Fsp3) is 0.192. The van der Waals surface area contributed by atoms with Gasteiger partial charge in [0, 0.05) is 34.8 Å². The number of carbonyl (C=O) groups excluding carboxylic acids is 1. The summed E-state index contributed by atoms with van der Waals surface area (Å²) < 4.78 is 0. The van der Waals surface area contributed by atoms with Gasteiger partial charge in [0.2, 0.25) is 6.17 Å². The summed E-state index contributed by atoms with van der Waals surface area (Å²) in [6.07, 6.45) is -0.936. The van der Waals surface area contributed by atoms with Crippen LogP contribution in [-0.4, -0.2) is 36.5 Å². The van der Waals surface area contributed by atoms with Crippen molar-refractivity contribution in [2.75, 3.05) is 18.5 Å². The van der Waals surface area contributed by atoms with Crippen LogP contribution in [0.1, 0.15) is 29.5 Å². The third kappa shape index (κ3) is 5.25. The van der Waals surface area contributed by atoms with E-state index >= 15 is 0 Å². The van der Waals surface area contributed by atoms with E-state index in [4.69, 9.17) is 40.4 Å². The van der Waals surface area contributed by atoms with Crippen molar-refractivity contribution in [2.24, 2.45) is 4.99 Å². The van der Waals surface area contributed by atoms with Crippen molar-refractivity contribution < 1.29 is 4.79 Å². The first-order chi connectivity index (χ1) is 16.3. The van der Waals surface area contributed by atoms with Crippen LogP contribution < -0.4 is 15.5 Å². The molecule has 1 aliphatic heterocycles. The predicted octanol–water partition coefficient (Wildman–Crippen LogP) is 5.40. The average Bonchev–Trinajstić information content (AvgIpc) is 2.94. The summed E-state index contributed by atoms with van der Waals surface area (Å²) in [7, 11) is 1.71. The lowest BCUT2D eigenvalue weighted by atomic mass is 10.00. The van der Waals surface area contributed by atoms with Crippen LogP contribution in [0.15, 0.2) is 77.8 Å². The minimum atomic E-state index is -0.936. The molecule has 0 aliphatic carbocycles. The Balaban J connectivity index is 1.62. The van der Waals surface area contributed by atoms with Crippen LogP contribution in [0.25, 0.3) is 0 Å². The van der Waals surface area contributed by atoms with E-state index in [9.17, 15) is 4.79 Å². The lowest BCUT2D eigenvalue weighted by Crippen LogP contribution is -2.49. The van der Waals surface area contributed by atoms with Crippen LogP contribution in [0, 0.1) is 0 Å². The second kappa shape index (κ2) is 10.6. The number of hydrogen-bond donors (Lipinski definition) is 2. The van der Waals surface area contributed by atoms with Crippen LogP contribution in [0.5, 0.6) is 0 Å². The molecule has 5 nitrogen and oxygen atoms in total. The molecule has 3 aromatic rings. The average molecular weight is 511 g/mol. The molecule has 1 heterocycles. The zero-order valence-electron chi connectivity index (χ0n) is 18.8. The van der Waals surface area contributed by atoms with Crippen molar-refractivity contribution in [1.29, 1.82) is 0 Å². The Morgan fingerprint density at radius 1 is 1.06 bits per heavy atom. The molecule has 2 unspecified atom stereocenters. The summed E-state index contributed by atoms with van der Waals surface area (Å²) in [6.45, 7) is 2.73. The highest BCUT2D eigenvalue weighted by Gasteiger charge is 2.31. The minimum absolute atomic E-state index is 0.238. The molecule has 8 heteroatoms. The molecule has 3 aromatic carbocycles. The Morgan fingerprint density at radius 2 is 1.76 bits per heavy atom. The fourth-order valence-corrected chi connectivity index (χ4v) is 4.42. The van der Waals surface area contributed by atoms with Crippen LogP contribution >= 0.6 is 35.4 Å². The third-order valence-electron chi connectivity index (χ3n) is 5.73. The monoisotopic (exact) mass is 510 g/mol. The number of amides is 1. The first-order valence-electron chi connectivity index (χ1n) is 10.8. The van der Waals surface area contributed by atoms with E-state index in [2.05, 4.69) is 29.7 Å². The van der Waals surface area contributed by atoms with Gasteiger partial charge in [0.05, 0.1) is 11.4 Å². The highest BCUT2D eigenvalue weighted by molar-refractivity contribution is 7.80. The normalized spacial score (nSPS) is 16.2. The lowest BCUT2D eigenvalue weighted by molar-refractivity contribution is -0.119. The van der Waals surface area contributed by atoms with Crippen molar-refractivity contribution >= 4 is 57.8 Å². The number of thiocarbonyl (C=S) groups is 1. The Hall–Kier alpha value is -2.93. The largest absolute Gasteiger partial charge is 0.362 e. The molecule has 0 bridgehead atoms. The van der Waals surface area contributed by atoms with Crippen molar-refractivity contribution in [2.45, 2.75) is 19.0 Å². The summed E-state index contributed by atoms with van der Waals surface area (Å²) >= 11 is 18.3. The summed E-state index contributed by atoms with van der Waals surface area (Å²) in [5.41, 5.74) is 3.89. The maximum absolute atomic E-state index is 13.4. The van der Waals surface area contributed by atoms with Gasteiger partial charge >= 0.3 is 0 Å². The molecule has 4 rings (SSSR count). The number of hydrogen-bond acceptors (Lipinski definition) is 3. The summed E-state index contributed by atoms with van der Waals surface area (Å²) in [4.78, 5) is 19.7. The molecule has 1 aliphatic rings. The number of nitrogens with one attached hydrogen (secondary N) is 2. The zero-order valence-corrected chi connectivity index (χ0v) is 21.1. The topological polar surface area (TPSA) is 56.7 Å². The second-order valence-electron chi connectivity index (χ2n) is 8.08. The molecular formula is C26H24Cl2N4OS. The van der Waals surface area contributed by atoms with E-state index in [0.29, 0.717) is 38.7 Å². The number of rotatable bonds is 5.